The summed E-state index contributed by atoms with van der Waals surface area (Å²) in [5, 5.41) is 0.501. The van der Waals surface area contributed by atoms with Crippen LogP contribution < -0.4 is 0 Å². The maximum absolute atomic E-state index is 6.31. The van der Waals surface area contributed by atoms with Crippen molar-refractivity contribution in [1.29, 1.82) is 0 Å². The zero-order valence-electron chi connectivity index (χ0n) is 13.1. The lowest BCUT2D eigenvalue weighted by Crippen LogP contribution is -2.36. The molecule has 1 aromatic heterocycles. The van der Waals surface area contributed by atoms with Crippen molar-refractivity contribution in [2.45, 2.75) is 64.9 Å². The van der Waals surface area contributed by atoms with Crippen LogP contribution in [0, 0.1) is 5.92 Å². The van der Waals surface area contributed by atoms with E-state index in [2.05, 4.69) is 34.8 Å². The number of aromatic nitrogens is 2. The minimum absolute atomic E-state index is 0.353. The Balaban J connectivity index is 2.40. The molecule has 1 aromatic rings. The lowest BCUT2D eigenvalue weighted by molar-refractivity contribution is -0.0838. The molecule has 0 N–H and O–H groups in total. The SMILES string of the molecule is CCCc1nc(C2(OCC)CCC(C)CC2)nc(Cl)c1Br. The van der Waals surface area contributed by atoms with Crippen molar-refractivity contribution in [3.8, 4) is 0 Å². The molecule has 1 heterocycles. The van der Waals surface area contributed by atoms with Crippen LogP contribution in [0.15, 0.2) is 4.47 Å². The summed E-state index contributed by atoms with van der Waals surface area (Å²) in [5.74, 6) is 1.52. The van der Waals surface area contributed by atoms with Gasteiger partial charge >= 0.3 is 0 Å². The second kappa shape index (κ2) is 7.38. The largest absolute Gasteiger partial charge is 0.367 e. The summed E-state index contributed by atoms with van der Waals surface area (Å²) < 4.78 is 6.96. The fourth-order valence-corrected chi connectivity index (χ4v) is 3.57. The molecule has 0 bridgehead atoms. The van der Waals surface area contributed by atoms with E-state index < -0.39 is 0 Å². The van der Waals surface area contributed by atoms with E-state index in [0.29, 0.717) is 11.8 Å². The van der Waals surface area contributed by atoms with E-state index in [0.717, 1.165) is 60.4 Å². The van der Waals surface area contributed by atoms with Crippen LogP contribution in [0.1, 0.15) is 64.4 Å². The molecule has 3 nitrogen and oxygen atoms in total. The molecule has 5 heteroatoms. The molecule has 1 fully saturated rings. The average molecular weight is 376 g/mol. The third-order valence-corrected chi connectivity index (χ3v) is 5.61. The topological polar surface area (TPSA) is 35.0 Å². The van der Waals surface area contributed by atoms with Gasteiger partial charge in [0.15, 0.2) is 5.82 Å². The summed E-state index contributed by atoms with van der Waals surface area (Å²) in [6, 6.07) is 0. The number of rotatable bonds is 5. The molecule has 0 radical (unpaired) electrons. The van der Waals surface area contributed by atoms with E-state index in [9.17, 15) is 0 Å². The first-order chi connectivity index (χ1) is 10.0. The highest BCUT2D eigenvalue weighted by Gasteiger charge is 2.40. The van der Waals surface area contributed by atoms with Gasteiger partial charge in [-0.05, 0) is 60.9 Å². The van der Waals surface area contributed by atoms with E-state index in [-0.39, 0.29) is 5.60 Å². The fourth-order valence-electron chi connectivity index (χ4n) is 3.01. The summed E-state index contributed by atoms with van der Waals surface area (Å²) in [5.41, 5.74) is 0.638. The molecule has 0 aromatic carbocycles. The fraction of sp³-hybridized carbons (Fsp3) is 0.750. The van der Waals surface area contributed by atoms with Gasteiger partial charge in [-0.2, -0.15) is 0 Å². The highest BCUT2D eigenvalue weighted by molar-refractivity contribution is 9.10. The number of halogens is 2. The van der Waals surface area contributed by atoms with E-state index >= 15 is 0 Å². The quantitative estimate of drug-likeness (QED) is 0.656. The second-order valence-corrected chi connectivity index (χ2v) is 7.11. The predicted molar refractivity (Wildman–Crippen MR) is 89.7 cm³/mol. The molecule has 0 atom stereocenters. The highest BCUT2D eigenvalue weighted by atomic mass is 79.9. The Morgan fingerprint density at radius 3 is 2.52 bits per heavy atom. The molecule has 0 saturated heterocycles. The minimum atomic E-state index is -0.353. The molecule has 0 aliphatic heterocycles. The number of ether oxygens (including phenoxy) is 1. The standard InChI is InChI=1S/C16H24BrClN2O/c1-4-6-12-13(17)14(18)20-15(19-12)16(21-5-2)9-7-11(3)8-10-16/h11H,4-10H2,1-3H3. The Kier molecular flexibility index (Phi) is 6.04. The summed E-state index contributed by atoms with van der Waals surface area (Å²) in [7, 11) is 0. The number of hydrogen-bond acceptors (Lipinski definition) is 3. The maximum Gasteiger partial charge on any atom is 0.162 e. The van der Waals surface area contributed by atoms with Gasteiger partial charge in [0.2, 0.25) is 0 Å². The smallest absolute Gasteiger partial charge is 0.162 e. The van der Waals surface area contributed by atoms with Crippen LogP contribution in [0.5, 0.6) is 0 Å². The molecule has 0 unspecified atom stereocenters. The summed E-state index contributed by atoms with van der Waals surface area (Å²) in [6.07, 6.45) is 6.19. The number of hydrogen-bond donors (Lipinski definition) is 0. The summed E-state index contributed by atoms with van der Waals surface area (Å²) in [4.78, 5) is 9.33. The average Bonchev–Trinajstić information content (AvgIpc) is 2.47. The van der Waals surface area contributed by atoms with E-state index in [4.69, 9.17) is 21.3 Å². The molecule has 0 spiro atoms. The molecule has 1 aliphatic rings. The van der Waals surface area contributed by atoms with E-state index in [1.807, 2.05) is 6.92 Å². The lowest BCUT2D eigenvalue weighted by Gasteiger charge is -2.38. The predicted octanol–water partition coefficient (Wildman–Crippen LogP) is 5.29. The first-order valence-electron chi connectivity index (χ1n) is 7.88. The Morgan fingerprint density at radius 2 is 1.95 bits per heavy atom. The third kappa shape index (κ3) is 3.77. The van der Waals surface area contributed by atoms with Gasteiger partial charge < -0.3 is 4.74 Å². The van der Waals surface area contributed by atoms with Gasteiger partial charge in [-0.25, -0.2) is 9.97 Å². The van der Waals surface area contributed by atoms with Crippen molar-refractivity contribution in [2.75, 3.05) is 6.61 Å². The number of aryl methyl sites for hydroxylation is 1. The van der Waals surface area contributed by atoms with Crippen LogP contribution in [-0.2, 0) is 16.8 Å². The minimum Gasteiger partial charge on any atom is -0.367 e. The molecule has 0 amide bonds. The van der Waals surface area contributed by atoms with Gasteiger partial charge in [-0.15, -0.1) is 0 Å². The van der Waals surface area contributed by atoms with Crippen molar-refractivity contribution in [3.05, 3.63) is 21.1 Å². The van der Waals surface area contributed by atoms with Crippen LogP contribution in [0.2, 0.25) is 5.15 Å². The zero-order valence-corrected chi connectivity index (χ0v) is 15.4. The maximum atomic E-state index is 6.31. The van der Waals surface area contributed by atoms with Crippen molar-refractivity contribution < 1.29 is 4.74 Å². The normalized spacial score (nSPS) is 26.0. The highest BCUT2D eigenvalue weighted by Crippen LogP contribution is 2.42. The van der Waals surface area contributed by atoms with Gasteiger partial charge in [0.05, 0.1) is 10.2 Å². The Hall–Kier alpha value is -0.190. The van der Waals surface area contributed by atoms with Gasteiger partial charge in [-0.3, -0.25) is 0 Å². The molecule has 1 saturated carbocycles. The molecular formula is C16H24BrClN2O. The van der Waals surface area contributed by atoms with Gasteiger partial charge in [0.25, 0.3) is 0 Å². The van der Waals surface area contributed by atoms with Crippen LogP contribution in [-0.4, -0.2) is 16.6 Å². The van der Waals surface area contributed by atoms with E-state index in [1.54, 1.807) is 0 Å². The van der Waals surface area contributed by atoms with Crippen molar-refractivity contribution in [2.24, 2.45) is 5.92 Å². The van der Waals surface area contributed by atoms with Gasteiger partial charge in [0, 0.05) is 6.61 Å². The molecular weight excluding hydrogens is 352 g/mol. The second-order valence-electron chi connectivity index (χ2n) is 5.96. The Morgan fingerprint density at radius 1 is 1.29 bits per heavy atom. The molecule has 118 valence electrons. The van der Waals surface area contributed by atoms with Crippen LogP contribution in [0.3, 0.4) is 0 Å². The molecule has 2 rings (SSSR count). The van der Waals surface area contributed by atoms with Gasteiger partial charge in [-0.1, -0.05) is 31.9 Å². The van der Waals surface area contributed by atoms with Crippen molar-refractivity contribution in [3.63, 3.8) is 0 Å². The lowest BCUT2D eigenvalue weighted by atomic mass is 9.78. The first-order valence-corrected chi connectivity index (χ1v) is 9.05. The molecule has 1 aliphatic carbocycles. The zero-order chi connectivity index (χ0) is 15.5. The van der Waals surface area contributed by atoms with Crippen LogP contribution >= 0.6 is 27.5 Å². The third-order valence-electron chi connectivity index (χ3n) is 4.28. The van der Waals surface area contributed by atoms with Crippen molar-refractivity contribution >= 4 is 27.5 Å². The van der Waals surface area contributed by atoms with E-state index in [1.165, 1.54) is 0 Å². The van der Waals surface area contributed by atoms with Crippen LogP contribution in [0.4, 0.5) is 0 Å². The Labute approximate surface area is 141 Å². The first kappa shape index (κ1) is 17.2. The van der Waals surface area contributed by atoms with Crippen LogP contribution in [0.25, 0.3) is 0 Å². The Bertz CT molecular complexity index is 487. The number of nitrogens with zero attached hydrogens (tertiary/aromatic N) is 2. The monoisotopic (exact) mass is 374 g/mol. The molecule has 21 heavy (non-hydrogen) atoms. The van der Waals surface area contributed by atoms with Crippen molar-refractivity contribution in [1.82, 2.24) is 9.97 Å². The van der Waals surface area contributed by atoms with Gasteiger partial charge in [0.1, 0.15) is 10.8 Å². The summed E-state index contributed by atoms with van der Waals surface area (Å²) in [6.45, 7) is 7.15. The summed E-state index contributed by atoms with van der Waals surface area (Å²) >= 11 is 9.82.